The van der Waals surface area contributed by atoms with Crippen LogP contribution in [-0.2, 0) is 0 Å². The number of carbonyl (C=O) groups is 1. The van der Waals surface area contributed by atoms with Gasteiger partial charge in [0.1, 0.15) is 22.9 Å². The molecule has 0 saturated carbocycles. The Morgan fingerprint density at radius 1 is 1.22 bits per heavy atom. The summed E-state index contributed by atoms with van der Waals surface area (Å²) in [6, 6.07) is 5.29. The third kappa shape index (κ3) is 2.21. The van der Waals surface area contributed by atoms with Crippen molar-refractivity contribution in [2.24, 2.45) is 5.73 Å². The topological polar surface area (TPSA) is 120 Å². The second kappa shape index (κ2) is 5.51. The maximum absolute atomic E-state index is 12.3. The van der Waals surface area contributed by atoms with Crippen molar-refractivity contribution in [1.29, 1.82) is 0 Å². The molecule has 7 nitrogen and oxygen atoms in total. The van der Waals surface area contributed by atoms with Crippen LogP contribution in [0.2, 0.25) is 0 Å². The number of nitrogens with two attached hydrogens (primary N) is 2. The Kier molecular flexibility index (Phi) is 3.46. The molecule has 27 heavy (non-hydrogen) atoms. The van der Waals surface area contributed by atoms with Crippen molar-refractivity contribution >= 4 is 33.7 Å². The molecule has 1 amide bonds. The molecule has 0 radical (unpaired) electrons. The second-order valence-electron chi connectivity index (χ2n) is 6.83. The van der Waals surface area contributed by atoms with Gasteiger partial charge in [0, 0.05) is 10.9 Å². The Morgan fingerprint density at radius 2 is 1.93 bits per heavy atom. The van der Waals surface area contributed by atoms with E-state index in [1.54, 1.807) is 23.6 Å². The molecule has 4 aromatic rings. The summed E-state index contributed by atoms with van der Waals surface area (Å²) in [7, 11) is 0. The average Bonchev–Trinajstić information content (AvgIpc) is 3.11. The van der Waals surface area contributed by atoms with Crippen LogP contribution < -0.4 is 11.5 Å². The minimum absolute atomic E-state index is 0.129. The van der Waals surface area contributed by atoms with Crippen molar-refractivity contribution in [3.05, 3.63) is 46.3 Å². The number of anilines is 1. The average molecular weight is 364 g/mol. The number of benzene rings is 1. The van der Waals surface area contributed by atoms with Gasteiger partial charge >= 0.3 is 0 Å². The van der Waals surface area contributed by atoms with E-state index in [0.717, 1.165) is 16.6 Å². The van der Waals surface area contributed by atoms with Gasteiger partial charge in [-0.15, -0.1) is 0 Å². The molecule has 0 bridgehead atoms. The summed E-state index contributed by atoms with van der Waals surface area (Å²) in [5.74, 6) is 0.341. The molecule has 0 saturated heterocycles. The molecule has 138 valence electrons. The summed E-state index contributed by atoms with van der Waals surface area (Å²) in [5.41, 5.74) is 16.1. The maximum atomic E-state index is 12.3. The van der Waals surface area contributed by atoms with Crippen LogP contribution in [-0.4, -0.2) is 20.6 Å². The number of aromatic hydroxyl groups is 1. The lowest BCUT2D eigenvalue weighted by Crippen LogP contribution is -2.14. The molecule has 0 atom stereocenters. The Labute approximate surface area is 155 Å². The minimum atomic E-state index is -0.660. The highest BCUT2D eigenvalue weighted by Gasteiger charge is 2.27. The summed E-state index contributed by atoms with van der Waals surface area (Å²) in [6.45, 7) is 7.39. The first-order valence-corrected chi connectivity index (χ1v) is 8.52. The van der Waals surface area contributed by atoms with E-state index in [4.69, 9.17) is 20.9 Å². The van der Waals surface area contributed by atoms with E-state index in [1.807, 2.05) is 26.8 Å². The fourth-order valence-corrected chi connectivity index (χ4v) is 3.73. The number of phenols is 1. The molecule has 7 heteroatoms. The van der Waals surface area contributed by atoms with Crippen molar-refractivity contribution in [2.45, 2.75) is 27.7 Å². The zero-order valence-corrected chi connectivity index (χ0v) is 15.5. The van der Waals surface area contributed by atoms with Crippen molar-refractivity contribution in [2.75, 3.05) is 5.73 Å². The highest BCUT2D eigenvalue weighted by atomic mass is 16.3. The monoisotopic (exact) mass is 364 g/mol. The number of pyridine rings is 1. The number of aromatic nitrogens is 2. The summed E-state index contributed by atoms with van der Waals surface area (Å²) in [4.78, 5) is 17.0. The normalized spacial score (nSPS) is 11.6. The van der Waals surface area contributed by atoms with Gasteiger partial charge in [-0.05, 0) is 45.4 Å². The molecule has 0 fully saturated rings. The van der Waals surface area contributed by atoms with Crippen LogP contribution >= 0.6 is 0 Å². The number of fused-ring (bicyclic) bond motifs is 3. The van der Waals surface area contributed by atoms with Crippen LogP contribution in [0.25, 0.3) is 27.7 Å². The predicted molar refractivity (Wildman–Crippen MR) is 104 cm³/mol. The first-order chi connectivity index (χ1) is 12.7. The fourth-order valence-electron chi connectivity index (χ4n) is 3.73. The van der Waals surface area contributed by atoms with E-state index in [9.17, 15) is 9.90 Å². The molecular formula is C20H20N4O3. The maximum Gasteiger partial charge on any atom is 0.253 e. The number of hydrogen-bond donors (Lipinski definition) is 3. The fraction of sp³-hybridized carbons (Fsp3) is 0.200. The Bertz CT molecular complexity index is 1260. The van der Waals surface area contributed by atoms with Crippen molar-refractivity contribution in [1.82, 2.24) is 9.55 Å². The molecule has 0 aliphatic rings. The molecule has 0 aliphatic heterocycles. The second-order valence-corrected chi connectivity index (χ2v) is 6.83. The van der Waals surface area contributed by atoms with Gasteiger partial charge in [-0.2, -0.15) is 0 Å². The van der Waals surface area contributed by atoms with Gasteiger partial charge in [0.15, 0.2) is 5.65 Å². The summed E-state index contributed by atoms with van der Waals surface area (Å²) in [5, 5.41) is 11.5. The minimum Gasteiger partial charge on any atom is -0.508 e. The number of phenolic OH excluding ortho intramolecular Hbond substituents is 1. The van der Waals surface area contributed by atoms with Crippen molar-refractivity contribution in [3.8, 4) is 11.4 Å². The van der Waals surface area contributed by atoms with E-state index < -0.39 is 5.91 Å². The Hall–Kier alpha value is -3.48. The number of furan rings is 1. The number of nitrogens with zero attached hydrogens (tertiary/aromatic N) is 2. The molecule has 0 aliphatic carbocycles. The zero-order chi connectivity index (χ0) is 19.6. The summed E-state index contributed by atoms with van der Waals surface area (Å²) in [6.07, 6.45) is 0. The van der Waals surface area contributed by atoms with Gasteiger partial charge in [-0.1, -0.05) is 6.07 Å². The van der Waals surface area contributed by atoms with E-state index in [2.05, 4.69) is 0 Å². The smallest absolute Gasteiger partial charge is 0.253 e. The number of amides is 1. The molecule has 5 N–H and O–H groups in total. The molecule has 3 aromatic heterocycles. The quantitative estimate of drug-likeness (QED) is 0.503. The van der Waals surface area contributed by atoms with Crippen LogP contribution in [0, 0.1) is 27.7 Å². The van der Waals surface area contributed by atoms with Crippen LogP contribution in [0.3, 0.4) is 0 Å². The third-order valence-corrected chi connectivity index (χ3v) is 5.00. The largest absolute Gasteiger partial charge is 0.508 e. The molecule has 0 spiro atoms. The van der Waals surface area contributed by atoms with E-state index >= 15 is 0 Å². The van der Waals surface area contributed by atoms with Gasteiger partial charge in [0.05, 0.1) is 22.3 Å². The van der Waals surface area contributed by atoms with Gasteiger partial charge < -0.3 is 21.0 Å². The van der Waals surface area contributed by atoms with Gasteiger partial charge in [0.25, 0.3) is 5.91 Å². The number of hydrogen-bond acceptors (Lipinski definition) is 5. The third-order valence-electron chi connectivity index (χ3n) is 5.00. The number of rotatable bonds is 2. The van der Waals surface area contributed by atoms with Crippen molar-refractivity contribution < 1.29 is 14.3 Å². The Balaban J connectivity index is 2.30. The molecular weight excluding hydrogens is 344 g/mol. The SMILES string of the molecule is Cc1cc2c(C)nc3c(c(C(N)=O)c(N)n3-c3c(C)ccc(O)c3C)c2o1. The van der Waals surface area contributed by atoms with Crippen LogP contribution in [0.4, 0.5) is 5.82 Å². The van der Waals surface area contributed by atoms with Crippen molar-refractivity contribution in [3.63, 3.8) is 0 Å². The lowest BCUT2D eigenvalue weighted by Gasteiger charge is -2.15. The number of aryl methyl sites for hydroxylation is 3. The lowest BCUT2D eigenvalue weighted by molar-refractivity contribution is 0.100. The predicted octanol–water partition coefficient (Wildman–Crippen LogP) is 3.39. The number of nitrogen functional groups attached to an aromatic ring is 1. The molecule has 4 rings (SSSR count). The Morgan fingerprint density at radius 3 is 2.59 bits per heavy atom. The number of carbonyl (C=O) groups excluding carboxylic acids is 1. The zero-order valence-electron chi connectivity index (χ0n) is 15.5. The first kappa shape index (κ1) is 17.0. The van der Waals surface area contributed by atoms with Crippen LogP contribution in [0.1, 0.15) is 32.9 Å². The van der Waals surface area contributed by atoms with E-state index in [0.29, 0.717) is 33.6 Å². The van der Waals surface area contributed by atoms with Gasteiger partial charge in [-0.3, -0.25) is 9.36 Å². The van der Waals surface area contributed by atoms with Crippen LogP contribution in [0.5, 0.6) is 5.75 Å². The lowest BCUT2D eigenvalue weighted by atomic mass is 10.1. The van der Waals surface area contributed by atoms with Crippen LogP contribution in [0.15, 0.2) is 22.6 Å². The number of primary amides is 1. The summed E-state index contributed by atoms with van der Waals surface area (Å²) < 4.78 is 7.55. The highest BCUT2D eigenvalue weighted by Crippen LogP contribution is 2.39. The molecule has 3 heterocycles. The van der Waals surface area contributed by atoms with E-state index in [1.165, 1.54) is 0 Å². The first-order valence-electron chi connectivity index (χ1n) is 8.52. The molecule has 0 unspecified atom stereocenters. The summed E-state index contributed by atoms with van der Waals surface area (Å²) >= 11 is 0. The van der Waals surface area contributed by atoms with Gasteiger partial charge in [0.2, 0.25) is 0 Å². The molecule has 1 aromatic carbocycles. The van der Waals surface area contributed by atoms with Gasteiger partial charge in [-0.25, -0.2) is 4.98 Å². The van der Waals surface area contributed by atoms with E-state index in [-0.39, 0.29) is 17.1 Å². The standard InChI is InChI=1S/C20H20N4O3/c1-8-5-6-13(25)10(3)16(8)24-18(21)15(19(22)26)14-17-12(7-9(2)27-17)11(4)23-20(14)24/h5-7,25H,21H2,1-4H3,(H2,22,26). The highest BCUT2D eigenvalue weighted by molar-refractivity contribution is 6.18.